The maximum atomic E-state index is 13.4. The lowest BCUT2D eigenvalue weighted by Gasteiger charge is -2.15. The summed E-state index contributed by atoms with van der Waals surface area (Å²) in [4.78, 5) is 38.3. The molecule has 0 unspecified atom stereocenters. The summed E-state index contributed by atoms with van der Waals surface area (Å²) in [6.45, 7) is 1.78. The van der Waals surface area contributed by atoms with Gasteiger partial charge in [0.1, 0.15) is 0 Å². The highest BCUT2D eigenvalue weighted by atomic mass is 19.4. The van der Waals surface area contributed by atoms with Crippen molar-refractivity contribution in [2.75, 3.05) is 0 Å². The first-order valence-electron chi connectivity index (χ1n) is 10.7. The summed E-state index contributed by atoms with van der Waals surface area (Å²) in [6.07, 6.45) is -4.08. The fraction of sp³-hybridized carbons (Fsp3) is 0.192. The van der Waals surface area contributed by atoms with Gasteiger partial charge in [0.05, 0.1) is 29.6 Å². The molecule has 0 saturated carbocycles. The maximum absolute atomic E-state index is 13.4. The number of benzene rings is 3. The van der Waals surface area contributed by atoms with Crippen LogP contribution in [0.25, 0.3) is 10.9 Å². The second-order valence-electron chi connectivity index (χ2n) is 7.95. The molecule has 4 aromatic rings. The summed E-state index contributed by atoms with van der Waals surface area (Å²) in [5.74, 6) is 0.0132. The molecular weight excluding hydrogens is 445 g/mol. The van der Waals surface area contributed by atoms with Crippen molar-refractivity contribution in [3.63, 3.8) is 0 Å². The first-order chi connectivity index (χ1) is 16.2. The Labute approximate surface area is 192 Å². The third kappa shape index (κ3) is 4.57. The van der Waals surface area contributed by atoms with Gasteiger partial charge in [0.2, 0.25) is 0 Å². The standard InChI is InChI=1S/C26H21F3N2O3/c1-2-23(32)19-11-7-17(8-12-19)15-30-22-6-4-3-5-21(22)24(33)31(25(30)34)16-18-9-13-20(14-10-18)26(27,28)29/h3-14H,2,15-16H2,1H3. The number of nitrogens with zero attached hydrogens (tertiary/aromatic N) is 2. The fourth-order valence-electron chi connectivity index (χ4n) is 3.83. The van der Waals surface area contributed by atoms with Crippen LogP contribution < -0.4 is 11.2 Å². The quantitative estimate of drug-likeness (QED) is 0.381. The Kier molecular flexibility index (Phi) is 6.24. The number of alkyl halides is 3. The summed E-state index contributed by atoms with van der Waals surface area (Å²) in [7, 11) is 0. The summed E-state index contributed by atoms with van der Waals surface area (Å²) < 4.78 is 41.1. The monoisotopic (exact) mass is 466 g/mol. The van der Waals surface area contributed by atoms with Gasteiger partial charge >= 0.3 is 11.9 Å². The van der Waals surface area contributed by atoms with Crippen molar-refractivity contribution in [1.29, 1.82) is 0 Å². The Morgan fingerprint density at radius 1 is 0.794 bits per heavy atom. The SMILES string of the molecule is CCC(=O)c1ccc(Cn2c(=O)n(Cc3ccc(C(F)(F)F)cc3)c(=O)c3ccccc32)cc1. The predicted octanol–water partition coefficient (Wildman–Crippen LogP) is 4.87. The molecule has 8 heteroatoms. The van der Waals surface area contributed by atoms with Crippen LogP contribution in [0.15, 0.2) is 82.4 Å². The van der Waals surface area contributed by atoms with Gasteiger partial charge in [-0.3, -0.25) is 18.7 Å². The minimum atomic E-state index is -4.47. The van der Waals surface area contributed by atoms with Gasteiger partial charge in [0.25, 0.3) is 5.56 Å². The molecule has 0 spiro atoms. The van der Waals surface area contributed by atoms with Crippen LogP contribution in [0, 0.1) is 0 Å². The third-order valence-electron chi connectivity index (χ3n) is 5.69. The Morgan fingerprint density at radius 2 is 1.35 bits per heavy atom. The van der Waals surface area contributed by atoms with Crippen LogP contribution in [-0.4, -0.2) is 14.9 Å². The van der Waals surface area contributed by atoms with Crippen molar-refractivity contribution >= 4 is 16.7 Å². The van der Waals surface area contributed by atoms with Crippen molar-refractivity contribution in [3.8, 4) is 0 Å². The molecule has 34 heavy (non-hydrogen) atoms. The highest BCUT2D eigenvalue weighted by Gasteiger charge is 2.30. The van der Waals surface area contributed by atoms with Gasteiger partial charge in [0, 0.05) is 12.0 Å². The Hall–Kier alpha value is -3.94. The van der Waals surface area contributed by atoms with E-state index in [1.807, 2.05) is 0 Å². The van der Waals surface area contributed by atoms with Crippen molar-refractivity contribution in [2.24, 2.45) is 0 Å². The van der Waals surface area contributed by atoms with E-state index in [1.165, 1.54) is 16.7 Å². The highest BCUT2D eigenvalue weighted by Crippen LogP contribution is 2.29. The minimum absolute atomic E-state index is 0.0132. The Balaban J connectivity index is 1.76. The van der Waals surface area contributed by atoms with Crippen LogP contribution in [0.4, 0.5) is 13.2 Å². The first kappa shape index (κ1) is 23.2. The van der Waals surface area contributed by atoms with Gasteiger partial charge in [-0.25, -0.2) is 4.79 Å². The summed E-state index contributed by atoms with van der Waals surface area (Å²) in [6, 6.07) is 18.0. The van der Waals surface area contributed by atoms with E-state index in [9.17, 15) is 27.6 Å². The van der Waals surface area contributed by atoms with Gasteiger partial charge < -0.3 is 0 Å². The molecule has 0 bridgehead atoms. The molecule has 4 rings (SSSR count). The summed E-state index contributed by atoms with van der Waals surface area (Å²) in [5.41, 5.74) is 0.309. The molecule has 0 N–H and O–H groups in total. The molecule has 174 valence electrons. The molecule has 0 amide bonds. The van der Waals surface area contributed by atoms with E-state index in [0.29, 0.717) is 28.5 Å². The molecule has 0 radical (unpaired) electrons. The molecule has 0 aliphatic rings. The van der Waals surface area contributed by atoms with E-state index < -0.39 is 23.0 Å². The smallest absolute Gasteiger partial charge is 0.294 e. The van der Waals surface area contributed by atoms with Crippen molar-refractivity contribution < 1.29 is 18.0 Å². The number of hydrogen-bond acceptors (Lipinski definition) is 3. The molecule has 0 aliphatic carbocycles. The van der Waals surface area contributed by atoms with Crippen molar-refractivity contribution in [3.05, 3.63) is 116 Å². The van der Waals surface area contributed by atoms with E-state index in [0.717, 1.165) is 22.3 Å². The number of Topliss-reactive ketones (excluding diaryl/α,β-unsaturated/α-hetero) is 1. The number of aromatic nitrogens is 2. The van der Waals surface area contributed by atoms with Crippen LogP contribution in [-0.2, 0) is 19.3 Å². The summed E-state index contributed by atoms with van der Waals surface area (Å²) >= 11 is 0. The lowest BCUT2D eigenvalue weighted by atomic mass is 10.1. The molecule has 0 aliphatic heterocycles. The maximum Gasteiger partial charge on any atom is 0.416 e. The van der Waals surface area contributed by atoms with Crippen LogP contribution in [0.1, 0.15) is 40.4 Å². The van der Waals surface area contributed by atoms with Gasteiger partial charge in [-0.15, -0.1) is 0 Å². The van der Waals surface area contributed by atoms with Crippen molar-refractivity contribution in [2.45, 2.75) is 32.6 Å². The van der Waals surface area contributed by atoms with E-state index in [1.54, 1.807) is 55.5 Å². The highest BCUT2D eigenvalue weighted by molar-refractivity contribution is 5.95. The number of hydrogen-bond donors (Lipinski definition) is 0. The number of rotatable bonds is 6. The molecule has 0 atom stereocenters. The number of para-hydroxylation sites is 1. The van der Waals surface area contributed by atoms with Gasteiger partial charge in [0.15, 0.2) is 5.78 Å². The van der Waals surface area contributed by atoms with Crippen LogP contribution in [0.3, 0.4) is 0 Å². The molecule has 0 fully saturated rings. The van der Waals surface area contributed by atoms with E-state index >= 15 is 0 Å². The largest absolute Gasteiger partial charge is 0.416 e. The Morgan fingerprint density at radius 3 is 1.94 bits per heavy atom. The van der Waals surface area contributed by atoms with E-state index in [-0.39, 0.29) is 18.9 Å². The van der Waals surface area contributed by atoms with E-state index in [4.69, 9.17) is 0 Å². The lowest BCUT2D eigenvalue weighted by Crippen LogP contribution is -2.40. The average Bonchev–Trinajstić information content (AvgIpc) is 2.84. The zero-order valence-electron chi connectivity index (χ0n) is 18.3. The predicted molar refractivity (Wildman–Crippen MR) is 123 cm³/mol. The van der Waals surface area contributed by atoms with Gasteiger partial charge in [-0.05, 0) is 35.4 Å². The average molecular weight is 466 g/mol. The zero-order valence-corrected chi connectivity index (χ0v) is 18.3. The molecule has 5 nitrogen and oxygen atoms in total. The molecule has 0 saturated heterocycles. The zero-order chi connectivity index (χ0) is 24.5. The Bertz CT molecular complexity index is 1470. The second-order valence-corrected chi connectivity index (χ2v) is 7.95. The number of halogens is 3. The molecule has 1 heterocycles. The number of carbonyl (C=O) groups is 1. The third-order valence-corrected chi connectivity index (χ3v) is 5.69. The first-order valence-corrected chi connectivity index (χ1v) is 10.7. The second kappa shape index (κ2) is 9.13. The van der Waals surface area contributed by atoms with Crippen LogP contribution in [0.2, 0.25) is 0 Å². The van der Waals surface area contributed by atoms with Crippen LogP contribution >= 0.6 is 0 Å². The number of ketones is 1. The number of carbonyl (C=O) groups excluding carboxylic acids is 1. The molecule has 3 aromatic carbocycles. The van der Waals surface area contributed by atoms with Crippen LogP contribution in [0.5, 0.6) is 0 Å². The number of fused-ring (bicyclic) bond motifs is 1. The van der Waals surface area contributed by atoms with Crippen molar-refractivity contribution in [1.82, 2.24) is 9.13 Å². The fourth-order valence-corrected chi connectivity index (χ4v) is 3.83. The normalized spacial score (nSPS) is 11.6. The molecule has 1 aromatic heterocycles. The van der Waals surface area contributed by atoms with Gasteiger partial charge in [-0.1, -0.05) is 55.5 Å². The topological polar surface area (TPSA) is 61.1 Å². The van der Waals surface area contributed by atoms with Gasteiger partial charge in [-0.2, -0.15) is 13.2 Å². The van der Waals surface area contributed by atoms with E-state index in [2.05, 4.69) is 0 Å². The lowest BCUT2D eigenvalue weighted by molar-refractivity contribution is -0.137. The molecular formula is C26H21F3N2O3. The minimum Gasteiger partial charge on any atom is -0.294 e. The summed E-state index contributed by atoms with van der Waals surface area (Å²) in [5, 5.41) is 0.326.